The van der Waals surface area contributed by atoms with Gasteiger partial charge in [-0.1, -0.05) is 11.5 Å². The zero-order chi connectivity index (χ0) is 8.69. The maximum absolute atomic E-state index is 10.6. The zero-order valence-electron chi connectivity index (χ0n) is 7.10. The average Bonchev–Trinajstić information content (AvgIpc) is 1.87. The Balaban J connectivity index is 3.88. The summed E-state index contributed by atoms with van der Waals surface area (Å²) in [5.74, 6) is 4.44. The fraction of sp³-hybridized carbons (Fsp3) is 0.444. The number of carbonyl (C=O) groups is 1. The van der Waals surface area contributed by atoms with Gasteiger partial charge in [0.05, 0.1) is 6.61 Å². The highest BCUT2D eigenvalue weighted by atomic mass is 16.5. The molecule has 0 saturated heterocycles. The second kappa shape index (κ2) is 5.55. The number of ether oxygens (including phenoxy) is 1. The van der Waals surface area contributed by atoms with E-state index >= 15 is 0 Å². The Morgan fingerprint density at radius 1 is 1.55 bits per heavy atom. The summed E-state index contributed by atoms with van der Waals surface area (Å²) >= 11 is 0. The summed E-state index contributed by atoms with van der Waals surface area (Å²) in [6, 6.07) is 0. The molecule has 60 valence electrons. The van der Waals surface area contributed by atoms with E-state index in [1.165, 1.54) is 0 Å². The third-order valence-corrected chi connectivity index (χ3v) is 0.811. The van der Waals surface area contributed by atoms with Crippen molar-refractivity contribution in [1.29, 1.82) is 0 Å². The molecule has 0 N–H and O–H groups in total. The largest absolute Gasteiger partial charge is 0.456 e. The monoisotopic (exact) mass is 152 g/mol. The van der Waals surface area contributed by atoms with Gasteiger partial charge in [-0.3, -0.25) is 0 Å². The molecule has 0 rings (SSSR count). The van der Waals surface area contributed by atoms with Gasteiger partial charge in [-0.25, -0.2) is 4.79 Å². The van der Waals surface area contributed by atoms with Crippen molar-refractivity contribution in [2.45, 2.75) is 20.8 Å². The summed E-state index contributed by atoms with van der Waals surface area (Å²) in [6.45, 7) is 5.96. The molecule has 0 aromatic carbocycles. The molecule has 0 heterocycles. The lowest BCUT2D eigenvalue weighted by Gasteiger charge is -1.89. The standard InChI is InChI=1S/C9H12O2/c1-4-11-9(10)7-5-6-8(2)3/h6H,4H2,1-3H3. The van der Waals surface area contributed by atoms with Gasteiger partial charge in [-0.15, -0.1) is 0 Å². The van der Waals surface area contributed by atoms with Gasteiger partial charge in [0, 0.05) is 5.92 Å². The summed E-state index contributed by atoms with van der Waals surface area (Å²) in [4.78, 5) is 10.6. The topological polar surface area (TPSA) is 26.3 Å². The van der Waals surface area contributed by atoms with Crippen LogP contribution in [-0.4, -0.2) is 12.6 Å². The van der Waals surface area contributed by atoms with E-state index in [4.69, 9.17) is 0 Å². The maximum atomic E-state index is 10.6. The molecule has 2 heteroatoms. The molecule has 0 fully saturated rings. The third-order valence-electron chi connectivity index (χ3n) is 0.811. The Labute approximate surface area is 67.2 Å². The molecule has 0 aliphatic heterocycles. The van der Waals surface area contributed by atoms with Gasteiger partial charge in [0.1, 0.15) is 0 Å². The van der Waals surface area contributed by atoms with Crippen LogP contribution in [0.5, 0.6) is 0 Å². The minimum Gasteiger partial charge on any atom is -0.456 e. The van der Waals surface area contributed by atoms with Crippen LogP contribution in [0.25, 0.3) is 0 Å². The van der Waals surface area contributed by atoms with Crippen LogP contribution in [0.2, 0.25) is 0 Å². The Bertz CT molecular complexity index is 211. The quantitative estimate of drug-likeness (QED) is 0.323. The number of esters is 1. The van der Waals surface area contributed by atoms with E-state index in [0.717, 1.165) is 5.57 Å². The second-order valence-corrected chi connectivity index (χ2v) is 2.21. The first-order chi connectivity index (χ1) is 5.16. The first kappa shape index (κ1) is 9.77. The average molecular weight is 152 g/mol. The molecule has 0 saturated carbocycles. The lowest BCUT2D eigenvalue weighted by Crippen LogP contribution is -1.99. The molecule has 0 unspecified atom stereocenters. The van der Waals surface area contributed by atoms with E-state index in [1.54, 1.807) is 13.0 Å². The third kappa shape index (κ3) is 6.66. The summed E-state index contributed by atoms with van der Waals surface area (Å²) < 4.78 is 4.58. The van der Waals surface area contributed by atoms with Crippen LogP contribution in [0, 0.1) is 11.8 Å². The molecule has 2 nitrogen and oxygen atoms in total. The Kier molecular flexibility index (Phi) is 4.93. The van der Waals surface area contributed by atoms with E-state index in [0.29, 0.717) is 6.61 Å². The summed E-state index contributed by atoms with van der Waals surface area (Å²) in [7, 11) is 0. The minimum atomic E-state index is -0.468. The van der Waals surface area contributed by atoms with Gasteiger partial charge in [0.15, 0.2) is 0 Å². The fourth-order valence-corrected chi connectivity index (χ4v) is 0.407. The SMILES string of the molecule is CCOC(=O)C#CC=C(C)C. The van der Waals surface area contributed by atoms with Gasteiger partial charge in [0.25, 0.3) is 0 Å². The van der Waals surface area contributed by atoms with Crippen molar-refractivity contribution in [3.05, 3.63) is 11.6 Å². The summed E-state index contributed by atoms with van der Waals surface area (Å²) in [5.41, 5.74) is 1.07. The van der Waals surface area contributed by atoms with E-state index in [2.05, 4.69) is 16.6 Å². The van der Waals surface area contributed by atoms with Crippen molar-refractivity contribution in [3.63, 3.8) is 0 Å². The van der Waals surface area contributed by atoms with Crippen molar-refractivity contribution in [2.75, 3.05) is 6.61 Å². The zero-order valence-corrected chi connectivity index (χ0v) is 7.10. The molecular weight excluding hydrogens is 140 g/mol. The lowest BCUT2D eigenvalue weighted by molar-refractivity contribution is -0.136. The van der Waals surface area contributed by atoms with Crippen LogP contribution in [0.4, 0.5) is 0 Å². The van der Waals surface area contributed by atoms with Crippen molar-refractivity contribution in [3.8, 4) is 11.8 Å². The minimum absolute atomic E-state index is 0.377. The first-order valence-corrected chi connectivity index (χ1v) is 3.48. The molecule has 0 aromatic rings. The molecule has 0 aliphatic rings. The highest BCUT2D eigenvalue weighted by Gasteiger charge is 1.89. The van der Waals surface area contributed by atoms with Gasteiger partial charge in [0.2, 0.25) is 0 Å². The predicted octanol–water partition coefficient (Wildman–Crippen LogP) is 1.52. The second-order valence-electron chi connectivity index (χ2n) is 2.21. The normalized spacial score (nSPS) is 7.55. The molecule has 0 aliphatic carbocycles. The number of rotatable bonds is 1. The van der Waals surface area contributed by atoms with Gasteiger partial charge < -0.3 is 4.74 Å². The predicted molar refractivity (Wildman–Crippen MR) is 43.8 cm³/mol. The number of carbonyl (C=O) groups excluding carboxylic acids is 1. The Hall–Kier alpha value is -1.23. The van der Waals surface area contributed by atoms with Crippen molar-refractivity contribution < 1.29 is 9.53 Å². The lowest BCUT2D eigenvalue weighted by atomic mass is 10.3. The highest BCUT2D eigenvalue weighted by molar-refractivity contribution is 5.88. The van der Waals surface area contributed by atoms with Crippen LogP contribution < -0.4 is 0 Å². The van der Waals surface area contributed by atoms with Crippen molar-refractivity contribution in [2.24, 2.45) is 0 Å². The van der Waals surface area contributed by atoms with Crippen LogP contribution in [0.15, 0.2) is 11.6 Å². The fourth-order valence-electron chi connectivity index (χ4n) is 0.407. The molecule has 0 aromatic heterocycles. The van der Waals surface area contributed by atoms with Gasteiger partial charge in [-0.05, 0) is 26.8 Å². The molecule has 0 spiro atoms. The number of hydrogen-bond acceptors (Lipinski definition) is 2. The smallest absolute Gasteiger partial charge is 0.384 e. The first-order valence-electron chi connectivity index (χ1n) is 3.48. The van der Waals surface area contributed by atoms with Gasteiger partial charge in [-0.2, -0.15) is 0 Å². The molecule has 0 atom stereocenters. The summed E-state index contributed by atoms with van der Waals surface area (Å²) in [6.07, 6.45) is 1.68. The highest BCUT2D eigenvalue weighted by Crippen LogP contribution is 1.84. The molecule has 0 amide bonds. The Morgan fingerprint density at radius 2 is 2.18 bits per heavy atom. The molecule has 0 radical (unpaired) electrons. The van der Waals surface area contributed by atoms with E-state index < -0.39 is 5.97 Å². The summed E-state index contributed by atoms with van der Waals surface area (Å²) in [5, 5.41) is 0. The van der Waals surface area contributed by atoms with Crippen LogP contribution in [0.1, 0.15) is 20.8 Å². The van der Waals surface area contributed by atoms with Crippen LogP contribution in [-0.2, 0) is 9.53 Å². The van der Waals surface area contributed by atoms with Crippen molar-refractivity contribution in [1.82, 2.24) is 0 Å². The molecule has 0 bridgehead atoms. The van der Waals surface area contributed by atoms with Gasteiger partial charge >= 0.3 is 5.97 Å². The maximum Gasteiger partial charge on any atom is 0.384 e. The number of allylic oxidation sites excluding steroid dienone is 2. The molecular formula is C9H12O2. The van der Waals surface area contributed by atoms with E-state index in [-0.39, 0.29) is 0 Å². The Morgan fingerprint density at radius 3 is 2.64 bits per heavy atom. The van der Waals surface area contributed by atoms with Crippen LogP contribution >= 0.6 is 0 Å². The molecule has 11 heavy (non-hydrogen) atoms. The van der Waals surface area contributed by atoms with E-state index in [1.807, 2.05) is 13.8 Å². The van der Waals surface area contributed by atoms with Crippen LogP contribution in [0.3, 0.4) is 0 Å². The number of hydrogen-bond donors (Lipinski definition) is 0. The van der Waals surface area contributed by atoms with E-state index in [9.17, 15) is 4.79 Å². The van der Waals surface area contributed by atoms with Crippen molar-refractivity contribution >= 4 is 5.97 Å².